The number of carbonyl (C=O) groups excluding carboxylic acids is 2. The van der Waals surface area contributed by atoms with Gasteiger partial charge in [0.05, 0.1) is 19.1 Å². The molecule has 2 amide bonds. The van der Waals surface area contributed by atoms with Crippen LogP contribution < -0.4 is 16.4 Å². The third kappa shape index (κ3) is 4.25. The highest BCUT2D eigenvalue weighted by Crippen LogP contribution is 2.18. The lowest BCUT2D eigenvalue weighted by molar-refractivity contribution is -0.120. The second-order valence-electron chi connectivity index (χ2n) is 4.86. The van der Waals surface area contributed by atoms with E-state index in [2.05, 4.69) is 10.6 Å². The summed E-state index contributed by atoms with van der Waals surface area (Å²) in [5.74, 6) is -0.788. The average molecular weight is 293 g/mol. The van der Waals surface area contributed by atoms with Crippen molar-refractivity contribution in [2.75, 3.05) is 37.6 Å². The molecule has 0 aliphatic carbocycles. The molecule has 1 saturated heterocycles. The molecule has 2 atom stereocenters. The number of anilines is 2. The summed E-state index contributed by atoms with van der Waals surface area (Å²) in [7, 11) is 1.45. The number of ether oxygens (including phenoxy) is 2. The molecule has 0 aromatic heterocycles. The van der Waals surface area contributed by atoms with Gasteiger partial charge in [-0.05, 0) is 18.2 Å². The molecule has 7 heteroatoms. The Morgan fingerprint density at radius 1 is 1.33 bits per heavy atom. The van der Waals surface area contributed by atoms with Crippen LogP contribution in [0.5, 0.6) is 0 Å². The van der Waals surface area contributed by atoms with E-state index in [1.165, 1.54) is 7.11 Å². The van der Waals surface area contributed by atoms with E-state index in [0.29, 0.717) is 24.6 Å². The van der Waals surface area contributed by atoms with E-state index in [9.17, 15) is 9.59 Å². The van der Waals surface area contributed by atoms with Crippen molar-refractivity contribution in [3.63, 3.8) is 0 Å². The number of nitrogens with one attached hydrogen (secondary N) is 2. The molecule has 1 aliphatic heterocycles. The second kappa shape index (κ2) is 7.16. The molecule has 4 N–H and O–H groups in total. The maximum atomic E-state index is 12.1. The predicted molar refractivity (Wildman–Crippen MR) is 77.9 cm³/mol. The minimum atomic E-state index is -0.350. The van der Waals surface area contributed by atoms with Crippen molar-refractivity contribution in [3.8, 4) is 0 Å². The lowest BCUT2D eigenvalue weighted by Gasteiger charge is -2.14. The van der Waals surface area contributed by atoms with Crippen LogP contribution in [0.3, 0.4) is 0 Å². The molecule has 1 aromatic carbocycles. The van der Waals surface area contributed by atoms with Gasteiger partial charge in [0.15, 0.2) is 0 Å². The first-order chi connectivity index (χ1) is 10.1. The number of carbonyl (C=O) groups is 2. The van der Waals surface area contributed by atoms with Crippen molar-refractivity contribution >= 4 is 23.2 Å². The molecule has 2 rings (SSSR count). The number of hydrogen-bond donors (Lipinski definition) is 3. The Labute approximate surface area is 122 Å². The molecule has 114 valence electrons. The standard InChI is InChI=1S/C14H19N3O4/c1-20-8-13(18)16-9-3-2-4-10(5-9)17-14(19)11-6-21-7-12(11)15/h2-5,11-12H,6-8,15H2,1H3,(H,16,18)(H,17,19). The number of rotatable bonds is 5. The maximum absolute atomic E-state index is 12.1. The number of amides is 2. The van der Waals surface area contributed by atoms with Crippen LogP contribution >= 0.6 is 0 Å². The zero-order valence-electron chi connectivity index (χ0n) is 11.8. The van der Waals surface area contributed by atoms with Crippen molar-refractivity contribution in [2.45, 2.75) is 6.04 Å². The van der Waals surface area contributed by atoms with E-state index in [1.807, 2.05) is 0 Å². The summed E-state index contributed by atoms with van der Waals surface area (Å²) in [4.78, 5) is 23.5. The van der Waals surface area contributed by atoms with Gasteiger partial charge in [0.25, 0.3) is 0 Å². The molecule has 1 fully saturated rings. The smallest absolute Gasteiger partial charge is 0.250 e. The van der Waals surface area contributed by atoms with E-state index in [4.69, 9.17) is 15.2 Å². The van der Waals surface area contributed by atoms with Crippen molar-refractivity contribution in [3.05, 3.63) is 24.3 Å². The van der Waals surface area contributed by atoms with Crippen molar-refractivity contribution in [1.82, 2.24) is 0 Å². The SMILES string of the molecule is COCC(=O)Nc1cccc(NC(=O)C2COCC2N)c1. The van der Waals surface area contributed by atoms with Gasteiger partial charge in [-0.25, -0.2) is 0 Å². The van der Waals surface area contributed by atoms with Gasteiger partial charge < -0.3 is 25.8 Å². The fourth-order valence-electron chi connectivity index (χ4n) is 2.08. The molecule has 1 heterocycles. The summed E-state index contributed by atoms with van der Waals surface area (Å²) in [6.07, 6.45) is 0. The molecule has 2 unspecified atom stereocenters. The molecular formula is C14H19N3O4. The zero-order chi connectivity index (χ0) is 15.2. The first-order valence-electron chi connectivity index (χ1n) is 6.63. The molecule has 1 aliphatic rings. The molecule has 0 bridgehead atoms. The van der Waals surface area contributed by atoms with Gasteiger partial charge in [-0.2, -0.15) is 0 Å². The summed E-state index contributed by atoms with van der Waals surface area (Å²) in [6.45, 7) is 0.702. The summed E-state index contributed by atoms with van der Waals surface area (Å²) in [6, 6.07) is 6.60. The van der Waals surface area contributed by atoms with Crippen LogP contribution in [0, 0.1) is 5.92 Å². The largest absolute Gasteiger partial charge is 0.379 e. The Morgan fingerprint density at radius 2 is 2.05 bits per heavy atom. The first kappa shape index (κ1) is 15.4. The number of benzene rings is 1. The fraction of sp³-hybridized carbons (Fsp3) is 0.429. The van der Waals surface area contributed by atoms with Crippen LogP contribution in [0.15, 0.2) is 24.3 Å². The first-order valence-corrected chi connectivity index (χ1v) is 6.63. The van der Waals surface area contributed by atoms with Crippen LogP contribution in [0.1, 0.15) is 0 Å². The number of methoxy groups -OCH3 is 1. The summed E-state index contributed by atoms with van der Waals surface area (Å²) >= 11 is 0. The van der Waals surface area contributed by atoms with Gasteiger partial charge in [-0.15, -0.1) is 0 Å². The minimum absolute atomic E-state index is 0.0230. The van der Waals surface area contributed by atoms with E-state index in [0.717, 1.165) is 0 Å². The van der Waals surface area contributed by atoms with E-state index in [-0.39, 0.29) is 30.4 Å². The third-order valence-corrected chi connectivity index (χ3v) is 3.15. The maximum Gasteiger partial charge on any atom is 0.250 e. The van der Waals surface area contributed by atoms with E-state index < -0.39 is 0 Å². The van der Waals surface area contributed by atoms with E-state index in [1.54, 1.807) is 24.3 Å². The second-order valence-corrected chi connectivity index (χ2v) is 4.86. The summed E-state index contributed by atoms with van der Waals surface area (Å²) < 4.78 is 9.92. The van der Waals surface area contributed by atoms with Gasteiger partial charge in [0.1, 0.15) is 6.61 Å². The normalized spacial score (nSPS) is 21.0. The van der Waals surface area contributed by atoms with Crippen LogP contribution in [0.4, 0.5) is 11.4 Å². The highest BCUT2D eigenvalue weighted by molar-refractivity contribution is 5.95. The Kier molecular flexibility index (Phi) is 5.26. The van der Waals surface area contributed by atoms with Gasteiger partial charge in [0, 0.05) is 24.5 Å². The quantitative estimate of drug-likeness (QED) is 0.719. The Bertz CT molecular complexity index is 521. The average Bonchev–Trinajstić information content (AvgIpc) is 2.85. The summed E-state index contributed by atoms with van der Waals surface area (Å²) in [5.41, 5.74) is 6.98. The van der Waals surface area contributed by atoms with Crippen LogP contribution in [-0.2, 0) is 19.1 Å². The topological polar surface area (TPSA) is 103 Å². The molecule has 0 spiro atoms. The van der Waals surface area contributed by atoms with Crippen LogP contribution in [0.25, 0.3) is 0 Å². The molecule has 1 aromatic rings. The highest BCUT2D eigenvalue weighted by atomic mass is 16.5. The van der Waals surface area contributed by atoms with Crippen molar-refractivity contribution < 1.29 is 19.1 Å². The molecule has 0 radical (unpaired) electrons. The van der Waals surface area contributed by atoms with Gasteiger partial charge in [0.2, 0.25) is 11.8 Å². The van der Waals surface area contributed by atoms with Crippen LogP contribution in [0.2, 0.25) is 0 Å². The number of nitrogens with two attached hydrogens (primary N) is 1. The lowest BCUT2D eigenvalue weighted by atomic mass is 10.0. The zero-order valence-corrected chi connectivity index (χ0v) is 11.8. The van der Waals surface area contributed by atoms with Gasteiger partial charge in [-0.3, -0.25) is 9.59 Å². The van der Waals surface area contributed by atoms with Crippen molar-refractivity contribution in [2.24, 2.45) is 11.7 Å². The monoisotopic (exact) mass is 293 g/mol. The molecule has 21 heavy (non-hydrogen) atoms. The summed E-state index contributed by atoms with van der Waals surface area (Å²) in [5, 5.41) is 5.45. The molecule has 0 saturated carbocycles. The van der Waals surface area contributed by atoms with Crippen LogP contribution in [-0.4, -0.2) is 44.8 Å². The van der Waals surface area contributed by atoms with Gasteiger partial charge >= 0.3 is 0 Å². The minimum Gasteiger partial charge on any atom is -0.379 e. The highest BCUT2D eigenvalue weighted by Gasteiger charge is 2.31. The predicted octanol–water partition coefficient (Wildman–Crippen LogP) is 0.184. The Morgan fingerprint density at radius 3 is 2.67 bits per heavy atom. The fourth-order valence-corrected chi connectivity index (χ4v) is 2.08. The van der Waals surface area contributed by atoms with Gasteiger partial charge in [-0.1, -0.05) is 6.07 Å². The number of hydrogen-bond acceptors (Lipinski definition) is 5. The molecular weight excluding hydrogens is 274 g/mol. The van der Waals surface area contributed by atoms with E-state index >= 15 is 0 Å². The Hall–Kier alpha value is -1.96. The molecule has 7 nitrogen and oxygen atoms in total. The lowest BCUT2D eigenvalue weighted by Crippen LogP contribution is -2.37. The Balaban J connectivity index is 1.97. The third-order valence-electron chi connectivity index (χ3n) is 3.15. The van der Waals surface area contributed by atoms with Crippen molar-refractivity contribution in [1.29, 1.82) is 0 Å².